The van der Waals surface area contributed by atoms with Crippen LogP contribution in [-0.4, -0.2) is 55.4 Å². The Morgan fingerprint density at radius 3 is 2.54 bits per heavy atom. The van der Waals surface area contributed by atoms with Gasteiger partial charge in [0.25, 0.3) is 0 Å². The second-order valence-electron chi connectivity index (χ2n) is 7.23. The SMILES string of the molecule is COc1cccc(N2CCN(C(=O)NC(C)CCc3ccc(O)cc3)CC2)c1. The summed E-state index contributed by atoms with van der Waals surface area (Å²) >= 11 is 0. The van der Waals surface area contributed by atoms with Crippen LogP contribution in [0.25, 0.3) is 0 Å². The summed E-state index contributed by atoms with van der Waals surface area (Å²) in [6.07, 6.45) is 1.73. The number of benzene rings is 2. The van der Waals surface area contributed by atoms with Crippen molar-refractivity contribution >= 4 is 11.7 Å². The molecule has 2 aromatic carbocycles. The molecule has 3 rings (SSSR count). The van der Waals surface area contributed by atoms with Gasteiger partial charge in [0.1, 0.15) is 11.5 Å². The van der Waals surface area contributed by atoms with Gasteiger partial charge in [0.2, 0.25) is 0 Å². The van der Waals surface area contributed by atoms with Crippen molar-refractivity contribution in [2.75, 3.05) is 38.2 Å². The standard InChI is InChI=1S/C22H29N3O3/c1-17(6-7-18-8-10-20(26)11-9-18)23-22(27)25-14-12-24(13-15-25)19-4-3-5-21(16-19)28-2/h3-5,8-11,16-17,26H,6-7,12-15H2,1-2H3,(H,23,27). The van der Waals surface area contributed by atoms with Crippen LogP contribution in [0.5, 0.6) is 11.5 Å². The Labute approximate surface area is 166 Å². The molecule has 150 valence electrons. The summed E-state index contributed by atoms with van der Waals surface area (Å²) in [4.78, 5) is 16.7. The highest BCUT2D eigenvalue weighted by Crippen LogP contribution is 2.22. The first-order chi connectivity index (χ1) is 13.5. The van der Waals surface area contributed by atoms with Crippen LogP contribution in [0, 0.1) is 0 Å². The van der Waals surface area contributed by atoms with E-state index in [1.165, 1.54) is 0 Å². The van der Waals surface area contributed by atoms with E-state index < -0.39 is 0 Å². The quantitative estimate of drug-likeness (QED) is 0.804. The van der Waals surface area contributed by atoms with Gasteiger partial charge in [-0.15, -0.1) is 0 Å². The van der Waals surface area contributed by atoms with Gasteiger partial charge in [-0.2, -0.15) is 0 Å². The molecule has 1 aliphatic heterocycles. The molecule has 2 N–H and O–H groups in total. The molecule has 0 aromatic heterocycles. The van der Waals surface area contributed by atoms with E-state index in [4.69, 9.17) is 4.74 Å². The van der Waals surface area contributed by atoms with E-state index in [1.54, 1.807) is 19.2 Å². The topological polar surface area (TPSA) is 65.0 Å². The zero-order valence-electron chi connectivity index (χ0n) is 16.6. The molecular weight excluding hydrogens is 354 g/mol. The molecule has 1 aliphatic rings. The summed E-state index contributed by atoms with van der Waals surface area (Å²) in [5.41, 5.74) is 2.28. The highest BCUT2D eigenvalue weighted by Gasteiger charge is 2.22. The number of ether oxygens (including phenoxy) is 1. The van der Waals surface area contributed by atoms with Crippen LogP contribution in [0.2, 0.25) is 0 Å². The third-order valence-electron chi connectivity index (χ3n) is 5.16. The van der Waals surface area contributed by atoms with Crippen molar-refractivity contribution in [3.05, 3.63) is 54.1 Å². The van der Waals surface area contributed by atoms with Crippen LogP contribution in [0.3, 0.4) is 0 Å². The van der Waals surface area contributed by atoms with Crippen molar-refractivity contribution in [1.82, 2.24) is 10.2 Å². The molecule has 6 nitrogen and oxygen atoms in total. The number of carbonyl (C=O) groups is 1. The summed E-state index contributed by atoms with van der Waals surface area (Å²) in [6.45, 7) is 5.05. The van der Waals surface area contributed by atoms with Crippen LogP contribution in [-0.2, 0) is 6.42 Å². The van der Waals surface area contributed by atoms with Crippen LogP contribution in [0.1, 0.15) is 18.9 Å². The van der Waals surface area contributed by atoms with Gasteiger partial charge in [0.05, 0.1) is 7.11 Å². The number of rotatable bonds is 6. The predicted molar refractivity (Wildman–Crippen MR) is 111 cm³/mol. The van der Waals surface area contributed by atoms with Crippen LogP contribution >= 0.6 is 0 Å². The van der Waals surface area contributed by atoms with E-state index in [-0.39, 0.29) is 17.8 Å². The fourth-order valence-electron chi connectivity index (χ4n) is 3.39. The van der Waals surface area contributed by atoms with Gasteiger partial charge >= 0.3 is 6.03 Å². The third-order valence-corrected chi connectivity index (χ3v) is 5.16. The number of hydrogen-bond donors (Lipinski definition) is 2. The molecule has 1 heterocycles. The number of aryl methyl sites for hydroxylation is 1. The van der Waals surface area contributed by atoms with Crippen LogP contribution in [0.15, 0.2) is 48.5 Å². The Bertz CT molecular complexity index is 771. The summed E-state index contributed by atoms with van der Waals surface area (Å²) in [5, 5.41) is 12.4. The number of piperazine rings is 1. The van der Waals surface area contributed by atoms with Gasteiger partial charge in [0, 0.05) is 44.0 Å². The maximum Gasteiger partial charge on any atom is 0.317 e. The fourth-order valence-corrected chi connectivity index (χ4v) is 3.39. The zero-order chi connectivity index (χ0) is 19.9. The number of carbonyl (C=O) groups excluding carboxylic acids is 1. The summed E-state index contributed by atoms with van der Waals surface area (Å²) in [7, 11) is 1.67. The molecule has 28 heavy (non-hydrogen) atoms. The molecule has 0 radical (unpaired) electrons. The van der Waals surface area contributed by atoms with Crippen molar-refractivity contribution in [3.8, 4) is 11.5 Å². The highest BCUT2D eigenvalue weighted by atomic mass is 16.5. The molecule has 1 saturated heterocycles. The van der Waals surface area contributed by atoms with Crippen LogP contribution < -0.4 is 15.0 Å². The molecule has 0 spiro atoms. The fraction of sp³-hybridized carbons (Fsp3) is 0.409. The Hall–Kier alpha value is -2.89. The lowest BCUT2D eigenvalue weighted by Gasteiger charge is -2.36. The lowest BCUT2D eigenvalue weighted by Crippen LogP contribution is -2.53. The van der Waals surface area contributed by atoms with Crippen molar-refractivity contribution in [1.29, 1.82) is 0 Å². The molecule has 2 aromatic rings. The zero-order valence-corrected chi connectivity index (χ0v) is 16.6. The number of phenols is 1. The number of aromatic hydroxyl groups is 1. The number of anilines is 1. The van der Waals surface area contributed by atoms with Gasteiger partial charge in [0.15, 0.2) is 0 Å². The first-order valence-electron chi connectivity index (χ1n) is 9.77. The number of nitrogens with one attached hydrogen (secondary N) is 1. The second-order valence-corrected chi connectivity index (χ2v) is 7.23. The summed E-state index contributed by atoms with van der Waals surface area (Å²) in [6, 6.07) is 15.4. The number of hydrogen-bond acceptors (Lipinski definition) is 4. The van der Waals surface area contributed by atoms with E-state index in [0.717, 1.165) is 42.9 Å². The molecule has 0 aliphatic carbocycles. The molecule has 6 heteroatoms. The molecule has 1 unspecified atom stereocenters. The van der Waals surface area contributed by atoms with Gasteiger partial charge in [-0.05, 0) is 49.6 Å². The molecule has 0 bridgehead atoms. The Balaban J connectivity index is 1.43. The normalized spacial score (nSPS) is 15.2. The first-order valence-corrected chi connectivity index (χ1v) is 9.77. The molecule has 1 fully saturated rings. The van der Waals surface area contributed by atoms with Crippen LogP contribution in [0.4, 0.5) is 10.5 Å². The number of phenolic OH excluding ortho intramolecular Hbond substituents is 1. The maximum atomic E-state index is 12.6. The molecular formula is C22H29N3O3. The van der Waals surface area contributed by atoms with Gasteiger partial charge < -0.3 is 25.0 Å². The van der Waals surface area contributed by atoms with Crippen molar-refractivity contribution in [2.45, 2.75) is 25.8 Å². The maximum absolute atomic E-state index is 12.6. The van der Waals surface area contributed by atoms with Crippen molar-refractivity contribution in [2.24, 2.45) is 0 Å². The van der Waals surface area contributed by atoms with Gasteiger partial charge in [-0.1, -0.05) is 18.2 Å². The van der Waals surface area contributed by atoms with Crippen molar-refractivity contribution in [3.63, 3.8) is 0 Å². The number of methoxy groups -OCH3 is 1. The lowest BCUT2D eigenvalue weighted by molar-refractivity contribution is 0.190. The van der Waals surface area contributed by atoms with E-state index in [0.29, 0.717) is 13.1 Å². The molecule has 0 saturated carbocycles. The third kappa shape index (κ3) is 5.31. The Morgan fingerprint density at radius 1 is 1.14 bits per heavy atom. The minimum Gasteiger partial charge on any atom is -0.508 e. The van der Waals surface area contributed by atoms with Gasteiger partial charge in [-0.3, -0.25) is 0 Å². The minimum absolute atomic E-state index is 0.00324. The Kier molecular flexibility index (Phi) is 6.63. The number of nitrogens with zero attached hydrogens (tertiary/aromatic N) is 2. The lowest BCUT2D eigenvalue weighted by atomic mass is 10.1. The number of urea groups is 1. The Morgan fingerprint density at radius 2 is 1.86 bits per heavy atom. The smallest absolute Gasteiger partial charge is 0.317 e. The second kappa shape index (κ2) is 9.35. The summed E-state index contributed by atoms with van der Waals surface area (Å²) < 4.78 is 5.30. The number of amides is 2. The predicted octanol–water partition coefficient (Wildman–Crippen LogP) is 3.25. The minimum atomic E-state index is 0.00324. The summed E-state index contributed by atoms with van der Waals surface area (Å²) in [5.74, 6) is 1.12. The highest BCUT2D eigenvalue weighted by molar-refractivity contribution is 5.75. The monoisotopic (exact) mass is 383 g/mol. The van der Waals surface area contributed by atoms with E-state index in [2.05, 4.69) is 16.3 Å². The van der Waals surface area contributed by atoms with E-state index in [1.807, 2.05) is 42.2 Å². The van der Waals surface area contributed by atoms with Gasteiger partial charge in [-0.25, -0.2) is 4.79 Å². The van der Waals surface area contributed by atoms with E-state index >= 15 is 0 Å². The first kappa shape index (κ1) is 19.9. The van der Waals surface area contributed by atoms with E-state index in [9.17, 15) is 9.90 Å². The molecule has 2 amide bonds. The molecule has 1 atom stereocenters. The average molecular weight is 383 g/mol. The van der Waals surface area contributed by atoms with Crippen molar-refractivity contribution < 1.29 is 14.6 Å². The average Bonchev–Trinajstić information content (AvgIpc) is 2.73. The largest absolute Gasteiger partial charge is 0.508 e.